The second-order valence-electron chi connectivity index (χ2n) is 6.99. The Morgan fingerprint density at radius 3 is 2.04 bits per heavy atom. The summed E-state index contributed by atoms with van der Waals surface area (Å²) in [6.07, 6.45) is 1.92. The molecule has 0 unspecified atom stereocenters. The summed E-state index contributed by atoms with van der Waals surface area (Å²) in [4.78, 5) is 27.3. The van der Waals surface area contributed by atoms with Crippen LogP contribution >= 0.6 is 0 Å². The van der Waals surface area contributed by atoms with E-state index in [0.717, 1.165) is 17.5 Å². The van der Waals surface area contributed by atoms with E-state index in [4.69, 9.17) is 0 Å². The number of nitrogens with zero attached hydrogens (tertiary/aromatic N) is 1. The van der Waals surface area contributed by atoms with E-state index in [0.29, 0.717) is 19.4 Å². The first-order chi connectivity index (χ1) is 13.0. The predicted octanol–water partition coefficient (Wildman–Crippen LogP) is 3.95. The monoisotopic (exact) mass is 366 g/mol. The molecular formula is C23H30N2O2. The van der Waals surface area contributed by atoms with Crippen molar-refractivity contribution in [2.24, 2.45) is 0 Å². The zero-order valence-electron chi connectivity index (χ0n) is 16.5. The normalized spacial score (nSPS) is 12.9. The highest BCUT2D eigenvalue weighted by Gasteiger charge is 2.26. The summed E-state index contributed by atoms with van der Waals surface area (Å²) in [7, 11) is 0. The van der Waals surface area contributed by atoms with Crippen molar-refractivity contribution in [3.05, 3.63) is 71.8 Å². The first-order valence-electron chi connectivity index (χ1n) is 9.69. The average Bonchev–Trinajstić information content (AvgIpc) is 2.71. The van der Waals surface area contributed by atoms with Crippen molar-refractivity contribution in [1.29, 1.82) is 0 Å². The molecule has 0 saturated carbocycles. The van der Waals surface area contributed by atoms with Crippen LogP contribution in [0.25, 0.3) is 0 Å². The number of aryl methyl sites for hydroxylation is 1. The quantitative estimate of drug-likeness (QED) is 0.730. The van der Waals surface area contributed by atoms with Gasteiger partial charge in [0.15, 0.2) is 0 Å². The lowest BCUT2D eigenvalue weighted by Crippen LogP contribution is -2.49. The third-order valence-electron chi connectivity index (χ3n) is 4.83. The molecule has 2 rings (SSSR count). The molecule has 0 spiro atoms. The van der Waals surface area contributed by atoms with Gasteiger partial charge in [-0.1, -0.05) is 67.6 Å². The number of rotatable bonds is 9. The van der Waals surface area contributed by atoms with Crippen LogP contribution in [0, 0.1) is 0 Å². The van der Waals surface area contributed by atoms with Gasteiger partial charge in [0.25, 0.3) is 0 Å². The topological polar surface area (TPSA) is 49.4 Å². The lowest BCUT2D eigenvalue weighted by atomic mass is 10.1. The SMILES string of the molecule is CC[C@@H](C)NC(=O)[C@H](C)N(Cc1ccccc1)C(=O)CCc1ccccc1. The third-order valence-corrected chi connectivity index (χ3v) is 4.83. The molecule has 144 valence electrons. The van der Waals surface area contributed by atoms with Crippen molar-refractivity contribution in [2.45, 2.75) is 58.7 Å². The molecule has 2 atom stereocenters. The maximum atomic E-state index is 13.0. The lowest BCUT2D eigenvalue weighted by molar-refractivity contribution is -0.140. The Labute approximate surface area is 162 Å². The van der Waals surface area contributed by atoms with E-state index < -0.39 is 6.04 Å². The largest absolute Gasteiger partial charge is 0.352 e. The van der Waals surface area contributed by atoms with Crippen molar-refractivity contribution in [3.63, 3.8) is 0 Å². The maximum absolute atomic E-state index is 13.0. The van der Waals surface area contributed by atoms with Crippen molar-refractivity contribution in [1.82, 2.24) is 10.2 Å². The average molecular weight is 367 g/mol. The minimum Gasteiger partial charge on any atom is -0.352 e. The van der Waals surface area contributed by atoms with Crippen LogP contribution in [0.15, 0.2) is 60.7 Å². The Balaban J connectivity index is 2.10. The standard InChI is InChI=1S/C23H30N2O2/c1-4-18(2)24-23(27)19(3)25(17-21-13-9-6-10-14-21)22(26)16-15-20-11-7-5-8-12-20/h5-14,18-19H,4,15-17H2,1-3H3,(H,24,27)/t18-,19+/m1/s1. The summed E-state index contributed by atoms with van der Waals surface area (Å²) in [5, 5.41) is 2.99. The fourth-order valence-corrected chi connectivity index (χ4v) is 2.87. The fraction of sp³-hybridized carbons (Fsp3) is 0.391. The molecule has 0 heterocycles. The number of nitrogens with one attached hydrogen (secondary N) is 1. The van der Waals surface area contributed by atoms with Gasteiger partial charge < -0.3 is 10.2 Å². The fourth-order valence-electron chi connectivity index (χ4n) is 2.87. The molecule has 2 aromatic rings. The van der Waals surface area contributed by atoms with E-state index in [1.54, 1.807) is 11.8 Å². The molecule has 2 aromatic carbocycles. The van der Waals surface area contributed by atoms with Gasteiger partial charge in [0.05, 0.1) is 0 Å². The van der Waals surface area contributed by atoms with E-state index in [1.165, 1.54) is 0 Å². The van der Waals surface area contributed by atoms with Crippen molar-refractivity contribution in [3.8, 4) is 0 Å². The van der Waals surface area contributed by atoms with Gasteiger partial charge in [0.1, 0.15) is 6.04 Å². The first-order valence-corrected chi connectivity index (χ1v) is 9.69. The van der Waals surface area contributed by atoms with Gasteiger partial charge in [-0.05, 0) is 37.8 Å². The lowest BCUT2D eigenvalue weighted by Gasteiger charge is -2.29. The van der Waals surface area contributed by atoms with Gasteiger partial charge >= 0.3 is 0 Å². The zero-order valence-corrected chi connectivity index (χ0v) is 16.5. The summed E-state index contributed by atoms with van der Waals surface area (Å²) >= 11 is 0. The Morgan fingerprint density at radius 2 is 1.48 bits per heavy atom. The Hall–Kier alpha value is -2.62. The van der Waals surface area contributed by atoms with Gasteiger partial charge in [0.2, 0.25) is 11.8 Å². The Bertz CT molecular complexity index is 716. The van der Waals surface area contributed by atoms with Gasteiger partial charge in [-0.2, -0.15) is 0 Å². The number of amides is 2. The molecule has 0 aliphatic carbocycles. The molecule has 0 aliphatic heterocycles. The van der Waals surface area contributed by atoms with Gasteiger partial charge in [-0.25, -0.2) is 0 Å². The van der Waals surface area contributed by atoms with Crippen LogP contribution in [0.1, 0.15) is 44.7 Å². The summed E-state index contributed by atoms with van der Waals surface area (Å²) < 4.78 is 0. The molecule has 0 aliphatic rings. The van der Waals surface area contributed by atoms with Crippen LogP contribution in [-0.2, 0) is 22.6 Å². The highest BCUT2D eigenvalue weighted by atomic mass is 16.2. The molecule has 4 heteroatoms. The molecule has 2 amide bonds. The number of carbonyl (C=O) groups is 2. The van der Waals surface area contributed by atoms with Gasteiger partial charge in [0, 0.05) is 19.0 Å². The summed E-state index contributed by atoms with van der Waals surface area (Å²) in [5.74, 6) is -0.108. The molecule has 0 bridgehead atoms. The number of benzene rings is 2. The maximum Gasteiger partial charge on any atom is 0.242 e. The molecule has 0 saturated heterocycles. The Morgan fingerprint density at radius 1 is 0.926 bits per heavy atom. The van der Waals surface area contributed by atoms with Gasteiger partial charge in [-0.3, -0.25) is 9.59 Å². The van der Waals surface area contributed by atoms with Crippen LogP contribution in [0.4, 0.5) is 0 Å². The molecule has 0 aromatic heterocycles. The number of carbonyl (C=O) groups excluding carboxylic acids is 2. The van der Waals surface area contributed by atoms with E-state index in [2.05, 4.69) is 5.32 Å². The van der Waals surface area contributed by atoms with Crippen LogP contribution in [0.5, 0.6) is 0 Å². The summed E-state index contributed by atoms with van der Waals surface area (Å²) in [5.41, 5.74) is 2.15. The highest BCUT2D eigenvalue weighted by molar-refractivity contribution is 5.87. The molecule has 0 radical (unpaired) electrons. The minimum atomic E-state index is -0.512. The van der Waals surface area contributed by atoms with E-state index >= 15 is 0 Å². The molecule has 4 nitrogen and oxygen atoms in total. The summed E-state index contributed by atoms with van der Waals surface area (Å²) in [6.45, 7) is 6.25. The van der Waals surface area contributed by atoms with Crippen molar-refractivity contribution >= 4 is 11.8 Å². The van der Waals surface area contributed by atoms with E-state index in [-0.39, 0.29) is 17.9 Å². The molecular weight excluding hydrogens is 336 g/mol. The van der Waals surface area contributed by atoms with Crippen molar-refractivity contribution < 1.29 is 9.59 Å². The van der Waals surface area contributed by atoms with Crippen molar-refractivity contribution in [2.75, 3.05) is 0 Å². The first kappa shape index (κ1) is 20.7. The van der Waals surface area contributed by atoms with Crippen LogP contribution < -0.4 is 5.32 Å². The summed E-state index contributed by atoms with van der Waals surface area (Å²) in [6, 6.07) is 19.4. The third kappa shape index (κ3) is 6.55. The van der Waals surface area contributed by atoms with E-state index in [9.17, 15) is 9.59 Å². The zero-order chi connectivity index (χ0) is 19.6. The second-order valence-corrected chi connectivity index (χ2v) is 6.99. The molecule has 0 fully saturated rings. The molecule has 27 heavy (non-hydrogen) atoms. The van der Waals surface area contributed by atoms with Gasteiger partial charge in [-0.15, -0.1) is 0 Å². The smallest absolute Gasteiger partial charge is 0.242 e. The Kier molecular flexibility index (Phi) is 8.05. The molecule has 1 N–H and O–H groups in total. The highest BCUT2D eigenvalue weighted by Crippen LogP contribution is 2.13. The number of hydrogen-bond donors (Lipinski definition) is 1. The second kappa shape index (κ2) is 10.5. The predicted molar refractivity (Wildman–Crippen MR) is 109 cm³/mol. The number of hydrogen-bond acceptors (Lipinski definition) is 2. The van der Waals surface area contributed by atoms with Crippen LogP contribution in [0.3, 0.4) is 0 Å². The van der Waals surface area contributed by atoms with Crippen LogP contribution in [0.2, 0.25) is 0 Å². The van der Waals surface area contributed by atoms with E-state index in [1.807, 2.05) is 74.5 Å². The minimum absolute atomic E-state index is 0.00509. The van der Waals surface area contributed by atoms with Crippen LogP contribution in [-0.4, -0.2) is 28.8 Å².